The van der Waals surface area contributed by atoms with Crippen molar-refractivity contribution in [3.8, 4) is 0 Å². The van der Waals surface area contributed by atoms with E-state index in [9.17, 15) is 13.2 Å². The summed E-state index contributed by atoms with van der Waals surface area (Å²) in [5.74, 6) is -0.365. The fourth-order valence-corrected chi connectivity index (χ4v) is 3.91. The summed E-state index contributed by atoms with van der Waals surface area (Å²) in [6.07, 6.45) is 2.84. The third-order valence-electron chi connectivity index (χ3n) is 3.51. The molecule has 3 rings (SSSR count). The Balaban J connectivity index is 1.75. The van der Waals surface area contributed by atoms with E-state index in [1.807, 2.05) is 30.3 Å². The highest BCUT2D eigenvalue weighted by molar-refractivity contribution is 7.99. The highest BCUT2D eigenvalue weighted by Crippen LogP contribution is 2.26. The molecule has 0 saturated heterocycles. The van der Waals surface area contributed by atoms with E-state index in [1.165, 1.54) is 17.8 Å². The number of carbonyl (C=O) groups excluding carboxylic acids is 1. The molecular formula is C19H16N2O3S2. The van der Waals surface area contributed by atoms with Gasteiger partial charge in [0, 0.05) is 22.9 Å². The Hall–Kier alpha value is -2.64. The number of sulfone groups is 1. The van der Waals surface area contributed by atoms with Crippen LogP contribution in [0.2, 0.25) is 0 Å². The molecule has 0 spiro atoms. The number of hydrogen-bond acceptors (Lipinski definition) is 5. The van der Waals surface area contributed by atoms with Crippen molar-refractivity contribution in [2.24, 2.45) is 0 Å². The maximum Gasteiger partial charge on any atom is 0.255 e. The van der Waals surface area contributed by atoms with E-state index < -0.39 is 9.84 Å². The highest BCUT2D eigenvalue weighted by Gasteiger charge is 2.15. The molecule has 0 aliphatic heterocycles. The average Bonchev–Trinajstić information content (AvgIpc) is 2.63. The number of aromatic nitrogens is 1. The van der Waals surface area contributed by atoms with E-state index in [1.54, 1.807) is 36.5 Å². The third-order valence-corrected chi connectivity index (χ3v) is 5.62. The van der Waals surface area contributed by atoms with Gasteiger partial charge in [-0.05, 0) is 48.5 Å². The van der Waals surface area contributed by atoms with Crippen molar-refractivity contribution >= 4 is 33.2 Å². The van der Waals surface area contributed by atoms with E-state index in [2.05, 4.69) is 10.3 Å². The standard InChI is InChI=1S/C19H16N2O3S2/c1-26(23,24)17-7-3-2-6-16(17)21-19(22)14-9-11-15(12-10-14)25-18-8-4-5-13-20-18/h2-13H,1H3,(H,21,22). The molecule has 2 aromatic carbocycles. The molecule has 1 N–H and O–H groups in total. The van der Waals surface area contributed by atoms with E-state index in [-0.39, 0.29) is 16.5 Å². The van der Waals surface area contributed by atoms with Gasteiger partial charge in [0.15, 0.2) is 9.84 Å². The summed E-state index contributed by atoms with van der Waals surface area (Å²) in [4.78, 5) is 17.7. The molecule has 5 nitrogen and oxygen atoms in total. The summed E-state index contributed by atoms with van der Waals surface area (Å²) in [5, 5.41) is 3.53. The number of nitrogens with zero attached hydrogens (tertiary/aromatic N) is 1. The van der Waals surface area contributed by atoms with Gasteiger partial charge in [-0.3, -0.25) is 4.79 Å². The van der Waals surface area contributed by atoms with E-state index in [0.717, 1.165) is 16.2 Å². The lowest BCUT2D eigenvalue weighted by Crippen LogP contribution is -2.14. The van der Waals surface area contributed by atoms with Crippen LogP contribution in [0.1, 0.15) is 10.4 Å². The zero-order valence-electron chi connectivity index (χ0n) is 13.9. The fourth-order valence-electron chi connectivity index (χ4n) is 2.29. The monoisotopic (exact) mass is 384 g/mol. The quantitative estimate of drug-likeness (QED) is 0.722. The van der Waals surface area contributed by atoms with Gasteiger partial charge in [0.25, 0.3) is 5.91 Å². The second-order valence-electron chi connectivity index (χ2n) is 5.52. The molecule has 26 heavy (non-hydrogen) atoms. The Morgan fingerprint density at radius 1 is 0.962 bits per heavy atom. The largest absolute Gasteiger partial charge is 0.321 e. The zero-order chi connectivity index (χ0) is 18.6. The molecule has 3 aromatic rings. The Labute approximate surface area is 156 Å². The predicted octanol–water partition coefficient (Wildman–Crippen LogP) is 3.89. The number of anilines is 1. The topological polar surface area (TPSA) is 76.1 Å². The summed E-state index contributed by atoms with van der Waals surface area (Å²) >= 11 is 1.50. The van der Waals surface area contributed by atoms with Gasteiger partial charge in [-0.2, -0.15) is 0 Å². The normalized spacial score (nSPS) is 11.1. The lowest BCUT2D eigenvalue weighted by atomic mass is 10.2. The molecule has 0 atom stereocenters. The first kappa shape index (κ1) is 18.2. The summed E-state index contributed by atoms with van der Waals surface area (Å²) in [6.45, 7) is 0. The molecule has 0 fully saturated rings. The number of pyridine rings is 1. The SMILES string of the molecule is CS(=O)(=O)c1ccccc1NC(=O)c1ccc(Sc2ccccn2)cc1. The maximum atomic E-state index is 12.4. The van der Waals surface area contributed by atoms with Gasteiger partial charge in [0.1, 0.15) is 5.03 Å². The van der Waals surface area contributed by atoms with Gasteiger partial charge < -0.3 is 5.32 Å². The fraction of sp³-hybridized carbons (Fsp3) is 0.0526. The van der Waals surface area contributed by atoms with Gasteiger partial charge >= 0.3 is 0 Å². The number of para-hydroxylation sites is 1. The molecule has 1 heterocycles. The molecule has 1 amide bonds. The molecule has 132 valence electrons. The number of rotatable bonds is 5. The van der Waals surface area contributed by atoms with Gasteiger partial charge in [0.2, 0.25) is 0 Å². The Morgan fingerprint density at radius 2 is 1.65 bits per heavy atom. The Bertz CT molecular complexity index is 1020. The molecule has 0 bridgehead atoms. The molecule has 0 saturated carbocycles. The minimum absolute atomic E-state index is 0.0932. The second-order valence-corrected chi connectivity index (χ2v) is 8.59. The minimum Gasteiger partial charge on any atom is -0.321 e. The minimum atomic E-state index is -3.43. The van der Waals surface area contributed by atoms with Crippen LogP contribution in [-0.2, 0) is 9.84 Å². The van der Waals surface area contributed by atoms with Crippen LogP contribution in [-0.4, -0.2) is 25.6 Å². The molecule has 7 heteroatoms. The van der Waals surface area contributed by atoms with Crippen molar-refractivity contribution in [2.45, 2.75) is 14.8 Å². The van der Waals surface area contributed by atoms with Gasteiger partial charge in [-0.1, -0.05) is 30.0 Å². The summed E-state index contributed by atoms with van der Waals surface area (Å²) in [6, 6.07) is 19.1. The number of amides is 1. The Morgan fingerprint density at radius 3 is 2.31 bits per heavy atom. The molecule has 0 unspecified atom stereocenters. The van der Waals surface area contributed by atoms with Crippen LogP contribution in [0.4, 0.5) is 5.69 Å². The van der Waals surface area contributed by atoms with Crippen molar-refractivity contribution < 1.29 is 13.2 Å². The van der Waals surface area contributed by atoms with Gasteiger partial charge in [-0.15, -0.1) is 0 Å². The number of benzene rings is 2. The van der Waals surface area contributed by atoms with Crippen molar-refractivity contribution in [3.05, 3.63) is 78.5 Å². The maximum absolute atomic E-state index is 12.4. The van der Waals surface area contributed by atoms with Crippen LogP contribution in [0, 0.1) is 0 Å². The Kier molecular flexibility index (Phi) is 5.39. The van der Waals surface area contributed by atoms with Crippen LogP contribution in [0.15, 0.2) is 87.7 Å². The van der Waals surface area contributed by atoms with Crippen LogP contribution in [0.3, 0.4) is 0 Å². The predicted molar refractivity (Wildman–Crippen MR) is 102 cm³/mol. The molecular weight excluding hydrogens is 368 g/mol. The summed E-state index contributed by atoms with van der Waals surface area (Å²) in [5.41, 5.74) is 0.714. The van der Waals surface area contributed by atoms with Crippen LogP contribution in [0.5, 0.6) is 0 Å². The highest BCUT2D eigenvalue weighted by atomic mass is 32.2. The van der Waals surface area contributed by atoms with E-state index in [0.29, 0.717) is 5.56 Å². The lowest BCUT2D eigenvalue weighted by molar-refractivity contribution is 0.102. The first-order chi connectivity index (χ1) is 12.4. The van der Waals surface area contributed by atoms with Crippen molar-refractivity contribution in [2.75, 3.05) is 11.6 Å². The third kappa shape index (κ3) is 4.50. The van der Waals surface area contributed by atoms with Crippen molar-refractivity contribution in [1.82, 2.24) is 4.98 Å². The number of hydrogen-bond donors (Lipinski definition) is 1. The second kappa shape index (κ2) is 7.72. The van der Waals surface area contributed by atoms with Crippen molar-refractivity contribution in [3.63, 3.8) is 0 Å². The first-order valence-electron chi connectivity index (χ1n) is 7.73. The smallest absolute Gasteiger partial charge is 0.255 e. The zero-order valence-corrected chi connectivity index (χ0v) is 15.5. The van der Waals surface area contributed by atoms with Gasteiger partial charge in [0.05, 0.1) is 10.6 Å². The van der Waals surface area contributed by atoms with E-state index in [4.69, 9.17) is 0 Å². The first-order valence-corrected chi connectivity index (χ1v) is 10.4. The summed E-state index contributed by atoms with van der Waals surface area (Å²) in [7, 11) is -3.43. The molecule has 0 aliphatic rings. The number of nitrogens with one attached hydrogen (secondary N) is 1. The molecule has 0 aliphatic carbocycles. The molecule has 0 radical (unpaired) electrons. The van der Waals surface area contributed by atoms with Crippen molar-refractivity contribution in [1.29, 1.82) is 0 Å². The average molecular weight is 384 g/mol. The van der Waals surface area contributed by atoms with Crippen LogP contribution in [0.25, 0.3) is 0 Å². The van der Waals surface area contributed by atoms with Crippen LogP contribution < -0.4 is 5.32 Å². The van der Waals surface area contributed by atoms with Gasteiger partial charge in [-0.25, -0.2) is 13.4 Å². The van der Waals surface area contributed by atoms with E-state index >= 15 is 0 Å². The summed E-state index contributed by atoms with van der Waals surface area (Å²) < 4.78 is 23.7. The number of carbonyl (C=O) groups is 1. The lowest BCUT2D eigenvalue weighted by Gasteiger charge is -2.10. The molecule has 1 aromatic heterocycles. The van der Waals surface area contributed by atoms with Crippen LogP contribution >= 0.6 is 11.8 Å².